The average Bonchev–Trinajstić information content (AvgIpc) is 2.56. The van der Waals surface area contributed by atoms with E-state index in [2.05, 4.69) is 20.2 Å². The van der Waals surface area contributed by atoms with Crippen LogP contribution in [0.1, 0.15) is 6.92 Å². The Balaban J connectivity index is 0.00000132. The molecule has 0 aliphatic carbocycles. The first-order valence-electron chi connectivity index (χ1n) is 7.41. The van der Waals surface area contributed by atoms with Gasteiger partial charge in [0.05, 0.1) is 12.7 Å². The molecule has 2 fully saturated rings. The quantitative estimate of drug-likeness (QED) is 0.817. The molecule has 9 heteroatoms. The number of piperazine rings is 1. The van der Waals surface area contributed by atoms with E-state index in [0.717, 1.165) is 25.6 Å². The first-order valence-corrected chi connectivity index (χ1v) is 7.41. The van der Waals surface area contributed by atoms with Crippen molar-refractivity contribution in [1.29, 1.82) is 0 Å². The summed E-state index contributed by atoms with van der Waals surface area (Å²) in [5.41, 5.74) is 0. The molecule has 0 radical (unpaired) electrons. The first-order chi connectivity index (χ1) is 10.3. The highest BCUT2D eigenvalue weighted by atomic mass is 35.5. The molecule has 3 rings (SSSR count). The van der Waals surface area contributed by atoms with Gasteiger partial charge in [-0.05, 0) is 13.0 Å². The van der Waals surface area contributed by atoms with Crippen LogP contribution in [0.4, 0.5) is 5.95 Å². The fourth-order valence-electron chi connectivity index (χ4n) is 2.79. The molecule has 23 heavy (non-hydrogen) atoms. The van der Waals surface area contributed by atoms with Gasteiger partial charge in [0.1, 0.15) is 6.04 Å². The number of morpholine rings is 1. The number of nitrogens with zero attached hydrogens (tertiary/aromatic N) is 4. The number of ether oxygens (including phenoxy) is 1. The molecular weight excluding hydrogens is 341 g/mol. The number of halogens is 2. The summed E-state index contributed by atoms with van der Waals surface area (Å²) in [5.74, 6) is 0.868. The van der Waals surface area contributed by atoms with E-state index in [1.807, 2.05) is 11.8 Å². The molecule has 0 aromatic carbocycles. The molecule has 3 heterocycles. The van der Waals surface area contributed by atoms with Crippen LogP contribution in [0.3, 0.4) is 0 Å². The van der Waals surface area contributed by atoms with E-state index < -0.39 is 0 Å². The van der Waals surface area contributed by atoms with Crippen molar-refractivity contribution >= 4 is 36.7 Å². The van der Waals surface area contributed by atoms with Gasteiger partial charge in [-0.25, -0.2) is 9.97 Å². The number of hydrogen-bond donors (Lipinski definition) is 1. The van der Waals surface area contributed by atoms with E-state index in [0.29, 0.717) is 19.7 Å². The van der Waals surface area contributed by atoms with E-state index in [9.17, 15) is 4.79 Å². The molecule has 2 aliphatic rings. The van der Waals surface area contributed by atoms with E-state index in [1.54, 1.807) is 18.5 Å². The van der Waals surface area contributed by atoms with Gasteiger partial charge in [0.15, 0.2) is 0 Å². The van der Waals surface area contributed by atoms with Gasteiger partial charge in [-0.15, -0.1) is 24.8 Å². The number of amides is 1. The fraction of sp³-hybridized carbons (Fsp3) is 0.643. The summed E-state index contributed by atoms with van der Waals surface area (Å²) < 4.78 is 5.55. The maximum Gasteiger partial charge on any atom is 0.242 e. The SMILES string of the molecule is C[C@H]1OCCN[C@@H]1C(=O)N1CCN(c2ncccn2)CC1.Cl.Cl. The lowest BCUT2D eigenvalue weighted by Crippen LogP contribution is -2.59. The van der Waals surface area contributed by atoms with Gasteiger partial charge in [0.25, 0.3) is 0 Å². The Labute approximate surface area is 148 Å². The lowest BCUT2D eigenvalue weighted by atomic mass is 10.1. The van der Waals surface area contributed by atoms with Gasteiger partial charge < -0.3 is 19.9 Å². The summed E-state index contributed by atoms with van der Waals surface area (Å²) in [5, 5.41) is 3.25. The third-order valence-electron chi connectivity index (χ3n) is 4.01. The first kappa shape index (κ1) is 19.9. The molecule has 0 saturated carbocycles. The highest BCUT2D eigenvalue weighted by molar-refractivity contribution is 5.85. The second kappa shape index (κ2) is 9.22. The van der Waals surface area contributed by atoms with Crippen molar-refractivity contribution in [2.75, 3.05) is 44.2 Å². The van der Waals surface area contributed by atoms with E-state index in [1.165, 1.54) is 0 Å². The Kier molecular flexibility index (Phi) is 7.98. The summed E-state index contributed by atoms with van der Waals surface area (Å²) in [6, 6.07) is 1.58. The molecule has 1 aromatic rings. The van der Waals surface area contributed by atoms with Crippen LogP contribution >= 0.6 is 24.8 Å². The van der Waals surface area contributed by atoms with E-state index in [-0.39, 0.29) is 42.9 Å². The van der Waals surface area contributed by atoms with Gasteiger partial charge in [-0.2, -0.15) is 0 Å². The Morgan fingerprint density at radius 1 is 1.22 bits per heavy atom. The van der Waals surface area contributed by atoms with Crippen LogP contribution in [0.25, 0.3) is 0 Å². The molecule has 7 nitrogen and oxygen atoms in total. The number of aromatic nitrogens is 2. The summed E-state index contributed by atoms with van der Waals surface area (Å²) >= 11 is 0. The summed E-state index contributed by atoms with van der Waals surface area (Å²) in [7, 11) is 0. The second-order valence-electron chi connectivity index (χ2n) is 5.37. The van der Waals surface area contributed by atoms with Gasteiger partial charge in [0, 0.05) is 45.1 Å². The minimum atomic E-state index is -0.224. The lowest BCUT2D eigenvalue weighted by molar-refractivity contribution is -0.139. The molecule has 1 aromatic heterocycles. The highest BCUT2D eigenvalue weighted by Gasteiger charge is 2.33. The predicted octanol–water partition coefficient (Wildman–Crippen LogP) is 0.346. The van der Waals surface area contributed by atoms with Gasteiger partial charge in [-0.1, -0.05) is 0 Å². The molecular formula is C14H23Cl2N5O2. The summed E-state index contributed by atoms with van der Waals surface area (Å²) in [4.78, 5) is 25.1. The van der Waals surface area contributed by atoms with Crippen molar-refractivity contribution < 1.29 is 9.53 Å². The number of carbonyl (C=O) groups is 1. The molecule has 0 spiro atoms. The predicted molar refractivity (Wildman–Crippen MR) is 92.5 cm³/mol. The summed E-state index contributed by atoms with van der Waals surface area (Å²) in [6.07, 6.45) is 3.41. The molecule has 2 atom stereocenters. The zero-order chi connectivity index (χ0) is 14.7. The molecule has 1 N–H and O–H groups in total. The van der Waals surface area contributed by atoms with Crippen LogP contribution in [0, 0.1) is 0 Å². The fourth-order valence-corrected chi connectivity index (χ4v) is 2.79. The van der Waals surface area contributed by atoms with Gasteiger partial charge in [0.2, 0.25) is 11.9 Å². The number of hydrogen-bond acceptors (Lipinski definition) is 6. The topological polar surface area (TPSA) is 70.6 Å². The van der Waals surface area contributed by atoms with E-state index >= 15 is 0 Å². The van der Waals surface area contributed by atoms with Crippen LogP contribution in [-0.4, -0.2) is 72.3 Å². The molecule has 2 saturated heterocycles. The minimum absolute atomic E-state index is 0. The third kappa shape index (κ3) is 4.67. The lowest BCUT2D eigenvalue weighted by Gasteiger charge is -2.38. The Bertz CT molecular complexity index is 485. The summed E-state index contributed by atoms with van der Waals surface area (Å²) in [6.45, 7) is 6.27. The number of nitrogens with one attached hydrogen (secondary N) is 1. The normalized spacial score (nSPS) is 24.4. The van der Waals surface area contributed by atoms with Crippen LogP contribution in [0.2, 0.25) is 0 Å². The van der Waals surface area contributed by atoms with Crippen molar-refractivity contribution in [2.24, 2.45) is 0 Å². The van der Waals surface area contributed by atoms with Crippen molar-refractivity contribution in [3.63, 3.8) is 0 Å². The van der Waals surface area contributed by atoms with E-state index in [4.69, 9.17) is 4.74 Å². The van der Waals surface area contributed by atoms with Gasteiger partial charge >= 0.3 is 0 Å². The highest BCUT2D eigenvalue weighted by Crippen LogP contribution is 2.13. The second-order valence-corrected chi connectivity index (χ2v) is 5.37. The number of rotatable bonds is 2. The maximum absolute atomic E-state index is 12.5. The maximum atomic E-state index is 12.5. The molecule has 130 valence electrons. The molecule has 1 amide bonds. The van der Waals surface area contributed by atoms with Crippen LogP contribution in [0.15, 0.2) is 18.5 Å². The average molecular weight is 364 g/mol. The monoisotopic (exact) mass is 363 g/mol. The number of anilines is 1. The zero-order valence-corrected chi connectivity index (χ0v) is 14.7. The third-order valence-corrected chi connectivity index (χ3v) is 4.01. The Hall–Kier alpha value is -1.15. The van der Waals surface area contributed by atoms with Crippen LogP contribution < -0.4 is 10.2 Å². The van der Waals surface area contributed by atoms with Crippen LogP contribution in [-0.2, 0) is 9.53 Å². The van der Waals surface area contributed by atoms with Crippen LogP contribution in [0.5, 0.6) is 0 Å². The van der Waals surface area contributed by atoms with Crippen molar-refractivity contribution in [3.05, 3.63) is 18.5 Å². The standard InChI is InChI=1S/C14H21N5O2.2ClH/c1-11-12(15-5-10-21-11)13(20)18-6-8-19(9-7-18)14-16-3-2-4-17-14;;/h2-4,11-12,15H,5-10H2,1H3;2*1H/t11-,12+;;/m1../s1. The van der Waals surface area contributed by atoms with Crippen molar-refractivity contribution in [1.82, 2.24) is 20.2 Å². The molecule has 0 unspecified atom stereocenters. The Morgan fingerprint density at radius 2 is 1.87 bits per heavy atom. The minimum Gasteiger partial charge on any atom is -0.375 e. The van der Waals surface area contributed by atoms with Gasteiger partial charge in [-0.3, -0.25) is 4.79 Å². The molecule has 2 aliphatic heterocycles. The Morgan fingerprint density at radius 3 is 2.48 bits per heavy atom. The number of carbonyl (C=O) groups excluding carboxylic acids is 1. The zero-order valence-electron chi connectivity index (χ0n) is 13.1. The van der Waals surface area contributed by atoms with Crippen molar-refractivity contribution in [2.45, 2.75) is 19.1 Å². The largest absolute Gasteiger partial charge is 0.375 e. The smallest absolute Gasteiger partial charge is 0.242 e. The molecule has 0 bridgehead atoms. The van der Waals surface area contributed by atoms with Crippen molar-refractivity contribution in [3.8, 4) is 0 Å².